The highest BCUT2D eigenvalue weighted by Gasteiger charge is 2.36. The van der Waals surface area contributed by atoms with Crippen LogP contribution in [-0.4, -0.2) is 11.6 Å². The van der Waals surface area contributed by atoms with Crippen LogP contribution in [0.15, 0.2) is 48.2 Å². The number of hydrogen-bond donors (Lipinski definition) is 1. The lowest BCUT2D eigenvalue weighted by Gasteiger charge is -2.27. The zero-order valence-corrected chi connectivity index (χ0v) is 8.44. The number of carbonyl (C=O) groups excluding carboxylic acids is 2. The third-order valence-electron chi connectivity index (χ3n) is 2.87. The fourth-order valence-electron chi connectivity index (χ4n) is 2.09. The Balaban J connectivity index is 2.17. The maximum Gasteiger partial charge on any atom is 0.181 e. The molecule has 78 valence electrons. The standard InChI is InChI=1S/C13H9NO2/c15-11-7-3-6-10-12(11)13(16)8-4-1-2-5-9(8)14-10/h1-7,12,14H. The second-order valence-electron chi connectivity index (χ2n) is 3.85. The molecular weight excluding hydrogens is 202 g/mol. The first-order valence-electron chi connectivity index (χ1n) is 5.10. The summed E-state index contributed by atoms with van der Waals surface area (Å²) in [5.41, 5.74) is 2.04. The number of benzene rings is 1. The molecular formula is C13H9NO2. The highest BCUT2D eigenvalue weighted by atomic mass is 16.2. The predicted octanol–water partition coefficient (Wildman–Crippen LogP) is 1.93. The highest BCUT2D eigenvalue weighted by Crippen LogP contribution is 2.32. The number of fused-ring (bicyclic) bond motifs is 2. The van der Waals surface area contributed by atoms with Gasteiger partial charge in [-0.25, -0.2) is 0 Å². The van der Waals surface area contributed by atoms with Crippen LogP contribution in [0.4, 0.5) is 5.69 Å². The van der Waals surface area contributed by atoms with Gasteiger partial charge in [0.25, 0.3) is 0 Å². The Hall–Kier alpha value is -2.16. The van der Waals surface area contributed by atoms with Crippen LogP contribution in [-0.2, 0) is 4.79 Å². The van der Waals surface area contributed by atoms with Crippen molar-refractivity contribution < 1.29 is 9.59 Å². The smallest absolute Gasteiger partial charge is 0.181 e. The summed E-state index contributed by atoms with van der Waals surface area (Å²) in [5, 5.41) is 3.13. The molecule has 0 aromatic heterocycles. The van der Waals surface area contributed by atoms with E-state index in [4.69, 9.17) is 0 Å². The van der Waals surface area contributed by atoms with E-state index in [1.165, 1.54) is 6.08 Å². The minimum atomic E-state index is -0.667. The van der Waals surface area contributed by atoms with Crippen LogP contribution in [0, 0.1) is 5.92 Å². The van der Waals surface area contributed by atoms with E-state index in [-0.39, 0.29) is 11.6 Å². The van der Waals surface area contributed by atoms with Crippen molar-refractivity contribution in [1.29, 1.82) is 0 Å². The lowest BCUT2D eigenvalue weighted by Crippen LogP contribution is -2.34. The molecule has 1 N–H and O–H groups in total. The van der Waals surface area contributed by atoms with Gasteiger partial charge in [0.2, 0.25) is 0 Å². The summed E-state index contributed by atoms with van der Waals surface area (Å²) in [6, 6.07) is 7.25. The van der Waals surface area contributed by atoms with Gasteiger partial charge in [-0.05, 0) is 24.3 Å². The van der Waals surface area contributed by atoms with E-state index in [2.05, 4.69) is 5.32 Å². The molecule has 1 aliphatic carbocycles. The molecule has 1 aliphatic heterocycles. The number of allylic oxidation sites excluding steroid dienone is 4. The number of anilines is 1. The topological polar surface area (TPSA) is 46.2 Å². The second-order valence-corrected chi connectivity index (χ2v) is 3.85. The van der Waals surface area contributed by atoms with E-state index >= 15 is 0 Å². The van der Waals surface area contributed by atoms with Crippen molar-refractivity contribution in [3.05, 3.63) is 53.8 Å². The first-order chi connectivity index (χ1) is 7.77. The van der Waals surface area contributed by atoms with Crippen LogP contribution in [0.1, 0.15) is 10.4 Å². The first-order valence-corrected chi connectivity index (χ1v) is 5.10. The van der Waals surface area contributed by atoms with Crippen molar-refractivity contribution in [2.24, 2.45) is 5.92 Å². The van der Waals surface area contributed by atoms with Crippen molar-refractivity contribution >= 4 is 17.3 Å². The van der Waals surface area contributed by atoms with Gasteiger partial charge in [0.15, 0.2) is 11.6 Å². The van der Waals surface area contributed by atoms with Gasteiger partial charge in [0.05, 0.1) is 0 Å². The minimum Gasteiger partial charge on any atom is -0.357 e. The Bertz CT molecular complexity index is 555. The first kappa shape index (κ1) is 9.09. The maximum atomic E-state index is 12.1. The zero-order chi connectivity index (χ0) is 11.1. The largest absolute Gasteiger partial charge is 0.357 e. The minimum absolute atomic E-state index is 0.116. The third-order valence-corrected chi connectivity index (χ3v) is 2.87. The molecule has 0 amide bonds. The molecule has 1 atom stereocenters. The van der Waals surface area contributed by atoms with Gasteiger partial charge in [-0.1, -0.05) is 18.2 Å². The van der Waals surface area contributed by atoms with Crippen molar-refractivity contribution in [3.63, 3.8) is 0 Å². The number of hydrogen-bond acceptors (Lipinski definition) is 3. The molecule has 0 spiro atoms. The number of carbonyl (C=O) groups is 2. The molecule has 0 bridgehead atoms. The SMILES string of the molecule is O=C1C=CC=C2Nc3ccccc3C(=O)C12. The van der Waals surface area contributed by atoms with Gasteiger partial charge in [-0.3, -0.25) is 9.59 Å². The average molecular weight is 211 g/mol. The van der Waals surface area contributed by atoms with E-state index in [1.807, 2.05) is 12.1 Å². The fraction of sp³-hybridized carbons (Fsp3) is 0.0769. The lowest BCUT2D eigenvalue weighted by atomic mass is 9.84. The van der Waals surface area contributed by atoms with Crippen molar-refractivity contribution in [2.45, 2.75) is 0 Å². The van der Waals surface area contributed by atoms with Gasteiger partial charge >= 0.3 is 0 Å². The molecule has 1 unspecified atom stereocenters. The number of rotatable bonds is 0. The molecule has 1 heterocycles. The van der Waals surface area contributed by atoms with Crippen LogP contribution >= 0.6 is 0 Å². The molecule has 0 saturated carbocycles. The van der Waals surface area contributed by atoms with Crippen molar-refractivity contribution in [3.8, 4) is 0 Å². The van der Waals surface area contributed by atoms with E-state index in [0.717, 1.165) is 5.69 Å². The van der Waals surface area contributed by atoms with E-state index in [9.17, 15) is 9.59 Å². The van der Waals surface area contributed by atoms with Crippen molar-refractivity contribution in [1.82, 2.24) is 0 Å². The Morgan fingerprint density at radius 1 is 1.12 bits per heavy atom. The summed E-state index contributed by atoms with van der Waals surface area (Å²) >= 11 is 0. The Morgan fingerprint density at radius 2 is 1.94 bits per heavy atom. The van der Waals surface area contributed by atoms with E-state index in [0.29, 0.717) is 11.3 Å². The lowest BCUT2D eigenvalue weighted by molar-refractivity contribution is -0.116. The molecule has 1 aromatic rings. The summed E-state index contributed by atoms with van der Waals surface area (Å²) in [7, 11) is 0. The Morgan fingerprint density at radius 3 is 2.81 bits per heavy atom. The number of ketones is 2. The van der Waals surface area contributed by atoms with Gasteiger partial charge in [0, 0.05) is 16.9 Å². The van der Waals surface area contributed by atoms with Gasteiger partial charge in [-0.2, -0.15) is 0 Å². The molecule has 3 rings (SSSR count). The monoisotopic (exact) mass is 211 g/mol. The van der Waals surface area contributed by atoms with Crippen LogP contribution in [0.5, 0.6) is 0 Å². The Kier molecular flexibility index (Phi) is 1.80. The predicted molar refractivity (Wildman–Crippen MR) is 60.1 cm³/mol. The molecule has 3 nitrogen and oxygen atoms in total. The summed E-state index contributed by atoms with van der Waals surface area (Å²) in [4.78, 5) is 23.8. The quantitative estimate of drug-likeness (QED) is 0.667. The maximum absolute atomic E-state index is 12.1. The van der Waals surface area contributed by atoms with Crippen LogP contribution in [0.3, 0.4) is 0 Å². The van der Waals surface area contributed by atoms with Crippen molar-refractivity contribution in [2.75, 3.05) is 5.32 Å². The highest BCUT2D eigenvalue weighted by molar-refractivity contribution is 6.20. The third kappa shape index (κ3) is 1.15. The van der Waals surface area contributed by atoms with E-state index in [1.54, 1.807) is 24.3 Å². The van der Waals surface area contributed by atoms with Crippen LogP contribution < -0.4 is 5.32 Å². The number of nitrogens with one attached hydrogen (secondary N) is 1. The molecule has 2 aliphatic rings. The van der Waals surface area contributed by atoms with Crippen LogP contribution in [0.2, 0.25) is 0 Å². The molecule has 16 heavy (non-hydrogen) atoms. The molecule has 0 saturated heterocycles. The summed E-state index contributed by atoms with van der Waals surface area (Å²) < 4.78 is 0. The van der Waals surface area contributed by atoms with Gasteiger partial charge in [-0.15, -0.1) is 0 Å². The summed E-state index contributed by atoms with van der Waals surface area (Å²) in [5.74, 6) is -0.931. The summed E-state index contributed by atoms with van der Waals surface area (Å²) in [6.07, 6.45) is 4.89. The second kappa shape index (κ2) is 3.17. The Labute approximate surface area is 92.5 Å². The van der Waals surface area contributed by atoms with Gasteiger partial charge < -0.3 is 5.32 Å². The molecule has 0 fully saturated rings. The zero-order valence-electron chi connectivity index (χ0n) is 8.44. The van der Waals surface area contributed by atoms with Crippen LogP contribution in [0.25, 0.3) is 0 Å². The summed E-state index contributed by atoms with van der Waals surface area (Å²) in [6.45, 7) is 0. The average Bonchev–Trinajstić information content (AvgIpc) is 2.29. The molecule has 1 aromatic carbocycles. The van der Waals surface area contributed by atoms with E-state index < -0.39 is 5.92 Å². The normalized spacial score (nSPS) is 22.0. The fourth-order valence-corrected chi connectivity index (χ4v) is 2.09. The molecule has 3 heteroatoms. The van der Waals surface area contributed by atoms with Gasteiger partial charge in [0.1, 0.15) is 5.92 Å². The molecule has 0 radical (unpaired) electrons. The number of Topliss-reactive ketones (excluding diaryl/α,β-unsaturated/α-hetero) is 1. The number of para-hydroxylation sites is 1.